The lowest BCUT2D eigenvalue weighted by Crippen LogP contribution is -2.46. The Morgan fingerprint density at radius 2 is 2.12 bits per heavy atom. The van der Waals surface area contributed by atoms with E-state index in [9.17, 15) is 14.4 Å². The molecular formula is C24H20N4O4. The molecule has 32 heavy (non-hydrogen) atoms. The fourth-order valence-corrected chi connectivity index (χ4v) is 3.60. The van der Waals surface area contributed by atoms with Gasteiger partial charge in [-0.3, -0.25) is 19.9 Å². The number of pyridine rings is 1. The summed E-state index contributed by atoms with van der Waals surface area (Å²) in [5.74, 6) is 6.51. The molecule has 0 saturated carbocycles. The van der Waals surface area contributed by atoms with Gasteiger partial charge in [-0.25, -0.2) is 4.79 Å². The van der Waals surface area contributed by atoms with E-state index < -0.39 is 12.1 Å². The van der Waals surface area contributed by atoms with E-state index in [4.69, 9.17) is 4.74 Å². The monoisotopic (exact) mass is 428 g/mol. The molecule has 0 bridgehead atoms. The maximum Gasteiger partial charge on any atom is 0.322 e. The van der Waals surface area contributed by atoms with Gasteiger partial charge in [-0.1, -0.05) is 42.2 Å². The molecule has 160 valence electrons. The van der Waals surface area contributed by atoms with Crippen LogP contribution in [0.4, 0.5) is 4.79 Å². The number of benzene rings is 2. The molecular weight excluding hydrogens is 408 g/mol. The van der Waals surface area contributed by atoms with E-state index >= 15 is 0 Å². The SMILES string of the molecule is COc1ccc2c(c1)C(=O)N(C[C@@H](C#Cc1cncc3ccccc13)NC(=O)NC=O)C2. The van der Waals surface area contributed by atoms with E-state index in [-0.39, 0.29) is 18.9 Å². The number of urea groups is 1. The maximum atomic E-state index is 12.9. The maximum absolute atomic E-state index is 12.9. The summed E-state index contributed by atoms with van der Waals surface area (Å²) in [6.07, 6.45) is 3.70. The van der Waals surface area contributed by atoms with Crippen molar-refractivity contribution in [3.8, 4) is 17.6 Å². The second-order valence-corrected chi connectivity index (χ2v) is 7.17. The molecule has 0 unspecified atom stereocenters. The average molecular weight is 428 g/mol. The largest absolute Gasteiger partial charge is 0.497 e. The first kappa shape index (κ1) is 20.9. The van der Waals surface area contributed by atoms with Crippen molar-refractivity contribution in [2.45, 2.75) is 12.6 Å². The van der Waals surface area contributed by atoms with E-state index in [0.717, 1.165) is 16.3 Å². The third-order valence-corrected chi connectivity index (χ3v) is 5.14. The van der Waals surface area contributed by atoms with E-state index in [1.807, 2.05) is 35.6 Å². The minimum Gasteiger partial charge on any atom is -0.497 e. The molecule has 0 radical (unpaired) electrons. The number of hydrogen-bond donors (Lipinski definition) is 2. The third kappa shape index (κ3) is 4.37. The minimum atomic E-state index is -0.714. The van der Waals surface area contributed by atoms with Crippen LogP contribution in [0.2, 0.25) is 0 Å². The van der Waals surface area contributed by atoms with Crippen LogP contribution in [0.5, 0.6) is 5.75 Å². The molecule has 1 aromatic heterocycles. The Bertz CT molecular complexity index is 1260. The molecule has 2 N–H and O–H groups in total. The normalized spacial score (nSPS) is 13.0. The van der Waals surface area contributed by atoms with Gasteiger partial charge < -0.3 is 15.0 Å². The van der Waals surface area contributed by atoms with Crippen molar-refractivity contribution in [1.29, 1.82) is 0 Å². The summed E-state index contributed by atoms with van der Waals surface area (Å²) in [6.45, 7) is 0.538. The molecule has 4 rings (SSSR count). The van der Waals surface area contributed by atoms with Crippen LogP contribution < -0.4 is 15.4 Å². The Kier molecular flexibility index (Phi) is 5.99. The lowest BCUT2D eigenvalue weighted by molar-refractivity contribution is -0.108. The van der Waals surface area contributed by atoms with Crippen LogP contribution in [-0.2, 0) is 11.3 Å². The van der Waals surface area contributed by atoms with Gasteiger partial charge in [0.25, 0.3) is 5.91 Å². The lowest BCUT2D eigenvalue weighted by Gasteiger charge is -2.21. The van der Waals surface area contributed by atoms with Gasteiger partial charge in [0.15, 0.2) is 0 Å². The number of nitrogens with zero attached hydrogens (tertiary/aromatic N) is 2. The highest BCUT2D eigenvalue weighted by molar-refractivity contribution is 5.99. The Morgan fingerprint density at radius 3 is 2.94 bits per heavy atom. The number of hydrogen-bond acceptors (Lipinski definition) is 5. The summed E-state index contributed by atoms with van der Waals surface area (Å²) in [7, 11) is 1.54. The Labute approximate surface area is 184 Å². The van der Waals surface area contributed by atoms with Gasteiger partial charge >= 0.3 is 6.03 Å². The molecule has 1 aliphatic heterocycles. The lowest BCUT2D eigenvalue weighted by atomic mass is 10.1. The summed E-state index contributed by atoms with van der Waals surface area (Å²) in [6, 6.07) is 11.7. The molecule has 0 fully saturated rings. The van der Waals surface area contributed by atoms with E-state index in [2.05, 4.69) is 22.1 Å². The summed E-state index contributed by atoms with van der Waals surface area (Å²) < 4.78 is 5.21. The van der Waals surface area contributed by atoms with Crippen LogP contribution in [0.1, 0.15) is 21.5 Å². The summed E-state index contributed by atoms with van der Waals surface area (Å²) in [5.41, 5.74) is 2.14. The second-order valence-electron chi connectivity index (χ2n) is 7.17. The third-order valence-electron chi connectivity index (χ3n) is 5.14. The molecule has 3 aromatic rings. The van der Waals surface area contributed by atoms with Crippen LogP contribution in [0.25, 0.3) is 10.8 Å². The molecule has 2 heterocycles. The number of aromatic nitrogens is 1. The van der Waals surface area contributed by atoms with Crippen LogP contribution in [0, 0.1) is 11.8 Å². The van der Waals surface area contributed by atoms with Gasteiger partial charge in [0.1, 0.15) is 11.8 Å². The van der Waals surface area contributed by atoms with Crippen molar-refractivity contribution in [1.82, 2.24) is 20.5 Å². The van der Waals surface area contributed by atoms with E-state index in [1.54, 1.807) is 36.5 Å². The first-order chi connectivity index (χ1) is 15.6. The van der Waals surface area contributed by atoms with Gasteiger partial charge in [0.2, 0.25) is 6.41 Å². The Morgan fingerprint density at radius 1 is 1.28 bits per heavy atom. The molecule has 8 heteroatoms. The first-order valence-electron chi connectivity index (χ1n) is 9.90. The predicted molar refractivity (Wildman–Crippen MR) is 118 cm³/mol. The highest BCUT2D eigenvalue weighted by Gasteiger charge is 2.29. The van der Waals surface area contributed by atoms with Crippen LogP contribution in [0.3, 0.4) is 0 Å². The smallest absolute Gasteiger partial charge is 0.322 e. The zero-order chi connectivity index (χ0) is 22.5. The van der Waals surface area contributed by atoms with Gasteiger partial charge in [-0.2, -0.15) is 0 Å². The molecule has 0 aliphatic carbocycles. The molecule has 2 aromatic carbocycles. The van der Waals surface area contributed by atoms with Gasteiger partial charge in [0.05, 0.1) is 19.2 Å². The number of ether oxygens (including phenoxy) is 1. The van der Waals surface area contributed by atoms with Crippen LogP contribution in [-0.4, -0.2) is 47.9 Å². The van der Waals surface area contributed by atoms with E-state index in [0.29, 0.717) is 23.4 Å². The summed E-state index contributed by atoms with van der Waals surface area (Å²) >= 11 is 0. The molecule has 0 saturated heterocycles. The molecule has 1 aliphatic rings. The highest BCUT2D eigenvalue weighted by Crippen LogP contribution is 2.26. The summed E-state index contributed by atoms with van der Waals surface area (Å²) in [4.78, 5) is 41.3. The average Bonchev–Trinajstić information content (AvgIpc) is 3.12. The number of methoxy groups -OCH3 is 1. The van der Waals surface area contributed by atoms with Crippen molar-refractivity contribution < 1.29 is 19.1 Å². The number of imide groups is 1. The van der Waals surface area contributed by atoms with Crippen LogP contribution in [0.15, 0.2) is 54.9 Å². The second kappa shape index (κ2) is 9.18. The van der Waals surface area contributed by atoms with E-state index in [1.165, 1.54) is 0 Å². The van der Waals surface area contributed by atoms with Gasteiger partial charge in [-0.15, -0.1) is 0 Å². The fourth-order valence-electron chi connectivity index (χ4n) is 3.60. The number of carbonyl (C=O) groups excluding carboxylic acids is 3. The highest BCUT2D eigenvalue weighted by atomic mass is 16.5. The van der Waals surface area contributed by atoms with Gasteiger partial charge in [0, 0.05) is 35.3 Å². The molecule has 1 atom stereocenters. The van der Waals surface area contributed by atoms with Crippen molar-refractivity contribution in [3.05, 3.63) is 71.5 Å². The standard InChI is InChI=1S/C24H20N4O4/c1-32-20-9-7-18-13-28(23(30)22(18)10-20)14-19(27-24(31)26-15-29)8-6-17-12-25-11-16-4-2-3-5-21(16)17/h2-5,7,9-12,15,19H,13-14H2,1H3,(H2,26,27,29,31)/t19-/m1/s1. The number of fused-ring (bicyclic) bond motifs is 2. The fraction of sp³-hybridized carbons (Fsp3) is 0.167. The number of carbonyl (C=O) groups is 3. The topological polar surface area (TPSA) is 101 Å². The summed E-state index contributed by atoms with van der Waals surface area (Å²) in [5, 5.41) is 6.56. The van der Waals surface area contributed by atoms with Crippen molar-refractivity contribution in [3.63, 3.8) is 0 Å². The first-order valence-corrected chi connectivity index (χ1v) is 9.90. The Hall–Kier alpha value is -4.38. The number of amides is 4. The number of rotatable bonds is 5. The van der Waals surface area contributed by atoms with Crippen LogP contribution >= 0.6 is 0 Å². The van der Waals surface area contributed by atoms with Gasteiger partial charge in [-0.05, 0) is 17.7 Å². The zero-order valence-corrected chi connectivity index (χ0v) is 17.3. The minimum absolute atomic E-state index is 0.146. The molecule has 0 spiro atoms. The number of nitrogens with one attached hydrogen (secondary N) is 2. The van der Waals surface area contributed by atoms with Crippen molar-refractivity contribution in [2.24, 2.45) is 0 Å². The van der Waals surface area contributed by atoms with Crippen molar-refractivity contribution >= 4 is 29.1 Å². The zero-order valence-electron chi connectivity index (χ0n) is 17.3. The quantitative estimate of drug-likeness (QED) is 0.479. The molecule has 4 amide bonds. The predicted octanol–water partition coefficient (Wildman–Crippen LogP) is 2.08. The van der Waals surface area contributed by atoms with Crippen molar-refractivity contribution in [2.75, 3.05) is 13.7 Å². The Balaban J connectivity index is 1.59. The molecule has 8 nitrogen and oxygen atoms in total.